The lowest BCUT2D eigenvalue weighted by molar-refractivity contribution is -0.121. The number of nitrogens with zero attached hydrogens (tertiary/aromatic N) is 4. The van der Waals surface area contributed by atoms with Crippen molar-refractivity contribution in [3.63, 3.8) is 0 Å². The molecule has 0 aliphatic carbocycles. The first-order valence-corrected chi connectivity index (χ1v) is 15.0. The number of sulfonamides is 1. The number of hydrogen-bond donors (Lipinski definition) is 2. The van der Waals surface area contributed by atoms with Crippen LogP contribution in [-0.4, -0.2) is 90.0 Å². The van der Waals surface area contributed by atoms with E-state index in [0.717, 1.165) is 40.9 Å². The van der Waals surface area contributed by atoms with Gasteiger partial charge in [-0.15, -0.1) is 0 Å². The monoisotopic (exact) mass is 589 g/mol. The number of morpholine rings is 1. The van der Waals surface area contributed by atoms with Crippen molar-refractivity contribution in [3.05, 3.63) is 54.4 Å². The van der Waals surface area contributed by atoms with Gasteiger partial charge >= 0.3 is 5.76 Å². The highest BCUT2D eigenvalue weighted by Crippen LogP contribution is 2.27. The van der Waals surface area contributed by atoms with Crippen molar-refractivity contribution in [2.45, 2.75) is 56.7 Å². The largest absolute Gasteiger partial charge is 0.395 e. The van der Waals surface area contributed by atoms with Crippen LogP contribution < -0.4 is 10.2 Å². The zero-order valence-electron chi connectivity index (χ0n) is 22.8. The Labute approximate surface area is 237 Å². The fourth-order valence-electron chi connectivity index (χ4n) is 5.58. The highest BCUT2D eigenvalue weighted by molar-refractivity contribution is 7.89. The van der Waals surface area contributed by atoms with Crippen LogP contribution in [0.5, 0.6) is 0 Å². The Morgan fingerprint density at radius 3 is 2.59 bits per heavy atom. The first kappa shape index (κ1) is 29.2. The van der Waals surface area contributed by atoms with E-state index in [1.54, 1.807) is 6.20 Å². The molecular weight excluding hydrogens is 556 g/mol. The molecule has 0 saturated carbocycles. The second-order valence-electron chi connectivity index (χ2n) is 10.7. The van der Waals surface area contributed by atoms with E-state index >= 15 is 0 Å². The van der Waals surface area contributed by atoms with E-state index in [2.05, 4.69) is 15.2 Å². The highest BCUT2D eigenvalue weighted by atomic mass is 32.2. The fraction of sp³-hybridized carbons (Fsp3) is 0.464. The van der Waals surface area contributed by atoms with Crippen LogP contribution in [0, 0.1) is 0 Å². The lowest BCUT2D eigenvalue weighted by Crippen LogP contribution is -2.45. The smallest absolute Gasteiger partial charge is 0.350 e. The summed E-state index contributed by atoms with van der Waals surface area (Å²) in [5.41, 5.74) is 2.23. The third-order valence-electron chi connectivity index (χ3n) is 7.39. The third kappa shape index (κ3) is 6.48. The average Bonchev–Trinajstić information content (AvgIpc) is 3.35. The molecule has 1 aromatic carbocycles. The summed E-state index contributed by atoms with van der Waals surface area (Å²) in [5, 5.41) is 13.9. The predicted molar refractivity (Wildman–Crippen MR) is 150 cm³/mol. The van der Waals surface area contributed by atoms with Crippen LogP contribution >= 0.6 is 0 Å². The Balaban J connectivity index is 1.29. The molecule has 1 amide bonds. The van der Waals surface area contributed by atoms with Crippen molar-refractivity contribution in [1.82, 2.24) is 19.6 Å². The van der Waals surface area contributed by atoms with Crippen molar-refractivity contribution in [3.8, 4) is 11.3 Å². The van der Waals surface area contributed by atoms with E-state index in [-0.39, 0.29) is 31.6 Å². The number of benzene rings is 1. The minimum absolute atomic E-state index is 0.0387. The minimum Gasteiger partial charge on any atom is -0.395 e. The molecule has 2 aliphatic heterocycles. The van der Waals surface area contributed by atoms with Crippen LogP contribution in [0.15, 0.2) is 48.7 Å². The molecular formula is C28H33F2N5O5S. The Morgan fingerprint density at radius 1 is 1.12 bits per heavy atom. The van der Waals surface area contributed by atoms with Crippen molar-refractivity contribution in [2.24, 2.45) is 0 Å². The van der Waals surface area contributed by atoms with Crippen LogP contribution in [0.4, 0.5) is 14.6 Å². The number of halogens is 2. The molecule has 3 aromatic rings. The van der Waals surface area contributed by atoms with Gasteiger partial charge in [0.25, 0.3) is 10.0 Å². The van der Waals surface area contributed by atoms with Crippen LogP contribution in [0.2, 0.25) is 0 Å². The Morgan fingerprint density at radius 2 is 1.88 bits per heavy atom. The lowest BCUT2D eigenvalue weighted by Gasteiger charge is -2.36. The number of amides is 1. The Bertz CT molecular complexity index is 1510. The normalized spacial score (nSPS) is 23.8. The number of carbonyl (C=O) groups excluding carboxylic acids is 1. The summed E-state index contributed by atoms with van der Waals surface area (Å²) in [4.78, 5) is 24.3. The highest BCUT2D eigenvalue weighted by Gasteiger charge is 2.43. The number of aromatic nitrogens is 2. The van der Waals surface area contributed by atoms with Crippen LogP contribution in [0.1, 0.15) is 26.0 Å². The van der Waals surface area contributed by atoms with Gasteiger partial charge in [-0.3, -0.25) is 9.78 Å². The summed E-state index contributed by atoms with van der Waals surface area (Å²) in [5.74, 6) is -3.14. The number of fused-ring (bicyclic) bond motifs is 1. The lowest BCUT2D eigenvalue weighted by atomic mass is 10.0. The molecule has 4 atom stereocenters. The van der Waals surface area contributed by atoms with E-state index in [0.29, 0.717) is 10.00 Å². The standard InChI is InChI=1S/C28H33F2N5O5S/c1-17-13-34(14-18(2)40-17)26-5-3-4-25(33-26)19-6-7-20-12-31-22(9-21(20)8-19)11-27(37)32-23-10-24(16-36)35(15-23)41(38,39)28(29)30/h3-9,12,17-18,23-24,28,36H,10-11,13-16H2,1-2H3,(H,32,37)/t17-,18+,23-,24+/m0/s1. The maximum atomic E-state index is 13.0. The van der Waals surface area contributed by atoms with Gasteiger partial charge in [-0.2, -0.15) is 13.1 Å². The zero-order valence-corrected chi connectivity index (χ0v) is 23.6. The van der Waals surface area contributed by atoms with E-state index in [4.69, 9.17) is 9.72 Å². The summed E-state index contributed by atoms with van der Waals surface area (Å²) in [6.07, 6.45) is 1.86. The molecule has 41 heavy (non-hydrogen) atoms. The molecule has 2 N–H and O–H groups in total. The van der Waals surface area contributed by atoms with Crippen LogP contribution in [-0.2, 0) is 26.0 Å². The van der Waals surface area contributed by atoms with Gasteiger partial charge in [0.1, 0.15) is 5.82 Å². The maximum Gasteiger partial charge on any atom is 0.350 e. The van der Waals surface area contributed by atoms with Gasteiger partial charge in [0, 0.05) is 42.8 Å². The van der Waals surface area contributed by atoms with Crippen molar-refractivity contribution < 1.29 is 31.8 Å². The number of aliphatic hydroxyl groups is 1. The SMILES string of the molecule is C[C@@H]1CN(c2cccc(-c3ccc4cnc(CC(=O)N[C@H]5C[C@H](CO)N(S(=O)(=O)C(F)F)C5)cc4c3)n2)C[C@H](C)O1. The van der Waals surface area contributed by atoms with Gasteiger partial charge in [-0.1, -0.05) is 18.2 Å². The molecule has 220 valence electrons. The average molecular weight is 590 g/mol. The molecule has 0 spiro atoms. The number of anilines is 1. The van der Waals surface area contributed by atoms with E-state index in [9.17, 15) is 27.1 Å². The van der Waals surface area contributed by atoms with Crippen molar-refractivity contribution >= 4 is 32.5 Å². The first-order valence-electron chi connectivity index (χ1n) is 13.5. The fourth-order valence-corrected chi connectivity index (χ4v) is 6.74. The number of aliphatic hydroxyl groups excluding tert-OH is 1. The number of alkyl halides is 2. The molecule has 4 heterocycles. The first-order chi connectivity index (χ1) is 19.5. The molecule has 2 fully saturated rings. The minimum atomic E-state index is -4.87. The Hall–Kier alpha value is -3.26. The van der Waals surface area contributed by atoms with E-state index in [1.807, 2.05) is 56.3 Å². The van der Waals surface area contributed by atoms with Gasteiger partial charge in [0.15, 0.2) is 0 Å². The third-order valence-corrected chi connectivity index (χ3v) is 8.94. The van der Waals surface area contributed by atoms with Crippen molar-refractivity contribution in [1.29, 1.82) is 0 Å². The summed E-state index contributed by atoms with van der Waals surface area (Å²) < 4.78 is 56.3. The molecule has 0 radical (unpaired) electrons. The van der Waals surface area contributed by atoms with Gasteiger partial charge < -0.3 is 20.1 Å². The summed E-state index contributed by atoms with van der Waals surface area (Å²) in [6, 6.07) is 11.9. The molecule has 5 rings (SSSR count). The van der Waals surface area contributed by atoms with Gasteiger partial charge in [-0.25, -0.2) is 13.4 Å². The van der Waals surface area contributed by atoms with Crippen molar-refractivity contribution in [2.75, 3.05) is 31.1 Å². The molecule has 2 saturated heterocycles. The quantitative estimate of drug-likeness (QED) is 0.411. The molecule has 0 bridgehead atoms. The van der Waals surface area contributed by atoms with Gasteiger partial charge in [0.2, 0.25) is 5.91 Å². The molecule has 10 nitrogen and oxygen atoms in total. The molecule has 0 unspecified atom stereocenters. The zero-order chi connectivity index (χ0) is 29.3. The number of pyridine rings is 2. The topological polar surface area (TPSA) is 125 Å². The van der Waals surface area contributed by atoms with Gasteiger partial charge in [0.05, 0.1) is 42.7 Å². The number of nitrogens with one attached hydrogen (secondary N) is 1. The van der Waals surface area contributed by atoms with Crippen LogP contribution in [0.25, 0.3) is 22.0 Å². The second kappa shape index (κ2) is 11.9. The van der Waals surface area contributed by atoms with Crippen LogP contribution in [0.3, 0.4) is 0 Å². The molecule has 13 heteroatoms. The van der Waals surface area contributed by atoms with E-state index in [1.165, 1.54) is 0 Å². The predicted octanol–water partition coefficient (Wildman–Crippen LogP) is 2.56. The molecule has 2 aliphatic rings. The molecule has 2 aromatic heterocycles. The van der Waals surface area contributed by atoms with E-state index < -0.39 is 40.4 Å². The number of ether oxygens (including phenoxy) is 1. The summed E-state index contributed by atoms with van der Waals surface area (Å²) >= 11 is 0. The summed E-state index contributed by atoms with van der Waals surface area (Å²) in [7, 11) is -4.87. The number of hydrogen-bond acceptors (Lipinski definition) is 8. The second-order valence-corrected chi connectivity index (χ2v) is 12.5. The number of rotatable bonds is 8. The summed E-state index contributed by atoms with van der Waals surface area (Å²) in [6.45, 7) is 4.68. The number of carbonyl (C=O) groups is 1. The van der Waals surface area contributed by atoms with Gasteiger partial charge in [-0.05, 0) is 49.9 Å². The Kier molecular flexibility index (Phi) is 8.50. The maximum absolute atomic E-state index is 13.0.